The Hall–Kier alpha value is -0.0800. The van der Waals surface area contributed by atoms with Crippen molar-refractivity contribution in [2.45, 2.75) is 71.8 Å². The molecule has 108 valence electrons. The molecular weight excluding hydrogens is 220 g/mol. The van der Waals surface area contributed by atoms with Crippen molar-refractivity contribution in [3.05, 3.63) is 0 Å². The minimum atomic E-state index is 0.318. The van der Waals surface area contributed by atoms with Crippen LogP contribution in [0.1, 0.15) is 66.2 Å². The maximum absolute atomic E-state index is 6.15. The molecule has 0 aromatic carbocycles. The molecule has 18 heavy (non-hydrogen) atoms. The predicted molar refractivity (Wildman–Crippen MR) is 80.7 cm³/mol. The first kappa shape index (κ1) is 16.0. The third kappa shape index (κ3) is 4.24. The second kappa shape index (κ2) is 7.49. The van der Waals surface area contributed by atoms with Gasteiger partial charge in [-0.3, -0.25) is 4.90 Å². The van der Waals surface area contributed by atoms with E-state index >= 15 is 0 Å². The average molecular weight is 254 g/mol. The summed E-state index contributed by atoms with van der Waals surface area (Å²) in [6, 6.07) is 0. The van der Waals surface area contributed by atoms with Crippen molar-refractivity contribution in [2.75, 3.05) is 19.6 Å². The van der Waals surface area contributed by atoms with Crippen molar-refractivity contribution in [1.82, 2.24) is 4.90 Å². The highest BCUT2D eigenvalue weighted by molar-refractivity contribution is 4.95. The monoisotopic (exact) mass is 254 g/mol. The van der Waals surface area contributed by atoms with Crippen LogP contribution in [0, 0.1) is 11.8 Å². The van der Waals surface area contributed by atoms with Crippen molar-refractivity contribution in [3.63, 3.8) is 0 Å². The SMILES string of the molecule is CCN(CCCC(C)C)C1(CN)CCC(C)CC1. The van der Waals surface area contributed by atoms with Gasteiger partial charge in [-0.25, -0.2) is 0 Å². The highest BCUT2D eigenvalue weighted by atomic mass is 15.2. The van der Waals surface area contributed by atoms with E-state index in [1.807, 2.05) is 0 Å². The summed E-state index contributed by atoms with van der Waals surface area (Å²) >= 11 is 0. The minimum Gasteiger partial charge on any atom is -0.329 e. The molecule has 0 atom stereocenters. The van der Waals surface area contributed by atoms with Crippen molar-refractivity contribution < 1.29 is 0 Å². The summed E-state index contributed by atoms with van der Waals surface area (Å²) in [7, 11) is 0. The van der Waals surface area contributed by atoms with E-state index in [-0.39, 0.29) is 0 Å². The summed E-state index contributed by atoms with van der Waals surface area (Å²) in [5.74, 6) is 1.72. The zero-order chi connectivity index (χ0) is 13.6. The molecule has 0 saturated heterocycles. The summed E-state index contributed by atoms with van der Waals surface area (Å²) in [5.41, 5.74) is 6.47. The Kier molecular flexibility index (Phi) is 6.65. The van der Waals surface area contributed by atoms with Gasteiger partial charge in [-0.15, -0.1) is 0 Å². The van der Waals surface area contributed by atoms with Crippen LogP contribution in [0.5, 0.6) is 0 Å². The van der Waals surface area contributed by atoms with Gasteiger partial charge >= 0.3 is 0 Å². The molecule has 1 aliphatic carbocycles. The van der Waals surface area contributed by atoms with Crippen molar-refractivity contribution in [2.24, 2.45) is 17.6 Å². The zero-order valence-electron chi connectivity index (χ0n) is 13.0. The smallest absolute Gasteiger partial charge is 0.0331 e. The molecule has 0 aliphatic heterocycles. The van der Waals surface area contributed by atoms with Crippen molar-refractivity contribution in [1.29, 1.82) is 0 Å². The Morgan fingerprint density at radius 2 is 1.89 bits per heavy atom. The molecule has 2 heteroatoms. The first-order valence-electron chi connectivity index (χ1n) is 7.99. The molecule has 1 aliphatic rings. The molecule has 0 amide bonds. The van der Waals surface area contributed by atoms with Gasteiger partial charge < -0.3 is 5.73 Å². The Balaban J connectivity index is 2.54. The quantitative estimate of drug-likeness (QED) is 0.751. The van der Waals surface area contributed by atoms with Gasteiger partial charge in [0.05, 0.1) is 0 Å². The molecule has 1 fully saturated rings. The van der Waals surface area contributed by atoms with Crippen LogP contribution in [0.15, 0.2) is 0 Å². The van der Waals surface area contributed by atoms with Crippen LogP contribution in [0.25, 0.3) is 0 Å². The van der Waals surface area contributed by atoms with Gasteiger partial charge in [0, 0.05) is 12.1 Å². The third-order valence-electron chi connectivity index (χ3n) is 4.85. The largest absolute Gasteiger partial charge is 0.329 e. The van der Waals surface area contributed by atoms with Gasteiger partial charge in [0.15, 0.2) is 0 Å². The van der Waals surface area contributed by atoms with Crippen molar-refractivity contribution in [3.8, 4) is 0 Å². The van der Waals surface area contributed by atoms with Crippen LogP contribution >= 0.6 is 0 Å². The average Bonchev–Trinajstić information content (AvgIpc) is 2.36. The highest BCUT2D eigenvalue weighted by Gasteiger charge is 2.37. The van der Waals surface area contributed by atoms with Gasteiger partial charge in [0.1, 0.15) is 0 Å². The summed E-state index contributed by atoms with van der Waals surface area (Å²) in [5, 5.41) is 0. The molecule has 0 unspecified atom stereocenters. The number of nitrogens with two attached hydrogens (primary N) is 1. The number of rotatable bonds is 7. The molecule has 0 spiro atoms. The summed E-state index contributed by atoms with van der Waals surface area (Å²) in [4.78, 5) is 2.68. The number of likely N-dealkylation sites (N-methyl/N-ethyl adjacent to an activating group) is 1. The van der Waals surface area contributed by atoms with Crippen LogP contribution < -0.4 is 5.73 Å². The van der Waals surface area contributed by atoms with Crippen LogP contribution in [-0.2, 0) is 0 Å². The van der Waals surface area contributed by atoms with Gasteiger partial charge in [-0.05, 0) is 63.5 Å². The van der Waals surface area contributed by atoms with Crippen molar-refractivity contribution >= 4 is 0 Å². The second-order valence-electron chi connectivity index (χ2n) is 6.73. The zero-order valence-corrected chi connectivity index (χ0v) is 13.0. The fraction of sp³-hybridized carbons (Fsp3) is 1.00. The lowest BCUT2D eigenvalue weighted by Crippen LogP contribution is -2.55. The van der Waals surface area contributed by atoms with Gasteiger partial charge in [0.2, 0.25) is 0 Å². The van der Waals surface area contributed by atoms with E-state index in [2.05, 4.69) is 32.6 Å². The lowest BCUT2D eigenvalue weighted by Gasteiger charge is -2.47. The van der Waals surface area contributed by atoms with Crippen LogP contribution in [0.2, 0.25) is 0 Å². The molecule has 0 heterocycles. The molecule has 2 nitrogen and oxygen atoms in total. The van der Waals surface area contributed by atoms with E-state index in [4.69, 9.17) is 5.73 Å². The highest BCUT2D eigenvalue weighted by Crippen LogP contribution is 2.35. The number of nitrogens with zero attached hydrogens (tertiary/aromatic N) is 1. The Bertz CT molecular complexity index is 217. The second-order valence-corrected chi connectivity index (χ2v) is 6.73. The third-order valence-corrected chi connectivity index (χ3v) is 4.85. The Morgan fingerprint density at radius 3 is 2.33 bits per heavy atom. The first-order chi connectivity index (χ1) is 8.54. The lowest BCUT2D eigenvalue weighted by molar-refractivity contribution is 0.0469. The minimum absolute atomic E-state index is 0.318. The van der Waals surface area contributed by atoms with Crippen LogP contribution in [0.3, 0.4) is 0 Å². The van der Waals surface area contributed by atoms with Crippen LogP contribution in [0.4, 0.5) is 0 Å². The molecule has 0 aromatic heterocycles. The molecule has 0 radical (unpaired) electrons. The Morgan fingerprint density at radius 1 is 1.28 bits per heavy atom. The van der Waals surface area contributed by atoms with Gasteiger partial charge in [0.25, 0.3) is 0 Å². The maximum Gasteiger partial charge on any atom is 0.0331 e. The normalized spacial score (nSPS) is 29.2. The van der Waals surface area contributed by atoms with Gasteiger partial charge in [-0.2, -0.15) is 0 Å². The fourth-order valence-electron chi connectivity index (χ4n) is 3.37. The number of hydrogen-bond donors (Lipinski definition) is 1. The fourth-order valence-corrected chi connectivity index (χ4v) is 3.37. The van der Waals surface area contributed by atoms with Crippen LogP contribution in [-0.4, -0.2) is 30.1 Å². The molecule has 1 rings (SSSR count). The molecule has 0 bridgehead atoms. The standard InChI is InChI=1S/C16H34N2/c1-5-18(12-6-7-14(2)3)16(13-17)10-8-15(4)9-11-16/h14-15H,5-13,17H2,1-4H3. The van der Waals surface area contributed by atoms with E-state index in [0.717, 1.165) is 24.9 Å². The lowest BCUT2D eigenvalue weighted by atomic mass is 9.76. The molecule has 0 aromatic rings. The number of hydrogen-bond acceptors (Lipinski definition) is 2. The topological polar surface area (TPSA) is 29.3 Å². The van der Waals surface area contributed by atoms with E-state index in [1.54, 1.807) is 0 Å². The van der Waals surface area contributed by atoms with E-state index < -0.39 is 0 Å². The summed E-state index contributed by atoms with van der Waals surface area (Å²) in [6.45, 7) is 12.5. The Labute approximate surface area is 114 Å². The van der Waals surface area contributed by atoms with E-state index in [1.165, 1.54) is 45.1 Å². The molecule has 2 N–H and O–H groups in total. The van der Waals surface area contributed by atoms with Gasteiger partial charge in [-0.1, -0.05) is 27.7 Å². The van der Waals surface area contributed by atoms with E-state index in [9.17, 15) is 0 Å². The predicted octanol–water partition coefficient (Wildman–Crippen LogP) is 3.65. The summed E-state index contributed by atoms with van der Waals surface area (Å²) < 4.78 is 0. The first-order valence-corrected chi connectivity index (χ1v) is 7.99. The van der Waals surface area contributed by atoms with E-state index in [0.29, 0.717) is 5.54 Å². The maximum atomic E-state index is 6.15. The molecule has 1 saturated carbocycles. The molecular formula is C16H34N2. The summed E-state index contributed by atoms with van der Waals surface area (Å²) in [6.07, 6.45) is 7.99.